The number of ether oxygens (including phenoxy) is 1. The lowest BCUT2D eigenvalue weighted by Crippen LogP contribution is -2.53. The van der Waals surface area contributed by atoms with Crippen molar-refractivity contribution >= 4 is 11.9 Å². The summed E-state index contributed by atoms with van der Waals surface area (Å²) in [4.78, 5) is 27.6. The van der Waals surface area contributed by atoms with Crippen molar-refractivity contribution in [2.24, 2.45) is 0 Å². The minimum atomic E-state index is -0.412. The highest BCUT2D eigenvalue weighted by atomic mass is 16.5. The van der Waals surface area contributed by atoms with Crippen molar-refractivity contribution in [1.82, 2.24) is 9.80 Å². The molecule has 0 aliphatic carbocycles. The Morgan fingerprint density at radius 3 is 2.61 bits per heavy atom. The van der Waals surface area contributed by atoms with Gasteiger partial charge in [-0.15, -0.1) is 0 Å². The van der Waals surface area contributed by atoms with Crippen LogP contribution in [-0.4, -0.2) is 60.5 Å². The summed E-state index contributed by atoms with van der Waals surface area (Å²) in [6, 6.07) is -0.412. The van der Waals surface area contributed by atoms with Gasteiger partial charge >= 0.3 is 5.97 Å². The van der Waals surface area contributed by atoms with Gasteiger partial charge < -0.3 is 9.64 Å². The number of carbonyl (C=O) groups is 2. The Labute approximate surface area is 109 Å². The molecule has 1 heterocycles. The lowest BCUT2D eigenvalue weighted by Gasteiger charge is -2.39. The fraction of sp³-hybridized carbons (Fsp3) is 0.846. The number of hydrogen-bond acceptors (Lipinski definition) is 4. The molecule has 0 aromatic rings. The molecular formula is C13H24N2O3. The van der Waals surface area contributed by atoms with E-state index < -0.39 is 6.04 Å². The van der Waals surface area contributed by atoms with Crippen LogP contribution in [0.2, 0.25) is 0 Å². The van der Waals surface area contributed by atoms with Crippen molar-refractivity contribution < 1.29 is 14.3 Å². The van der Waals surface area contributed by atoms with Crippen LogP contribution >= 0.6 is 0 Å². The summed E-state index contributed by atoms with van der Waals surface area (Å²) in [6.07, 6.45) is 1.03. The van der Waals surface area contributed by atoms with Crippen molar-refractivity contribution in [3.8, 4) is 0 Å². The van der Waals surface area contributed by atoms with Gasteiger partial charge in [0.15, 0.2) is 0 Å². The second-order valence-electron chi connectivity index (χ2n) is 5.40. The second-order valence-corrected chi connectivity index (χ2v) is 5.40. The molecule has 0 radical (unpaired) electrons. The first-order chi connectivity index (χ1) is 8.33. The molecule has 18 heavy (non-hydrogen) atoms. The van der Waals surface area contributed by atoms with Crippen molar-refractivity contribution in [2.75, 3.05) is 27.2 Å². The Morgan fingerprint density at radius 2 is 2.11 bits per heavy atom. The molecule has 1 aliphatic heterocycles. The van der Waals surface area contributed by atoms with Crippen LogP contribution in [-0.2, 0) is 14.3 Å². The highest BCUT2D eigenvalue weighted by Gasteiger charge is 2.40. The fourth-order valence-electron chi connectivity index (χ4n) is 2.59. The Bertz CT molecular complexity index is 328. The van der Waals surface area contributed by atoms with Gasteiger partial charge in [-0.05, 0) is 26.8 Å². The van der Waals surface area contributed by atoms with Gasteiger partial charge in [-0.1, -0.05) is 6.92 Å². The highest BCUT2D eigenvalue weighted by molar-refractivity contribution is 5.86. The zero-order valence-electron chi connectivity index (χ0n) is 12.0. The average molecular weight is 256 g/mol. The monoisotopic (exact) mass is 256 g/mol. The molecule has 1 unspecified atom stereocenters. The maximum Gasteiger partial charge on any atom is 0.307 e. The van der Waals surface area contributed by atoms with Gasteiger partial charge in [0, 0.05) is 19.1 Å². The number of likely N-dealkylation sites (N-methyl/N-ethyl adjacent to an activating group) is 2. The van der Waals surface area contributed by atoms with Crippen LogP contribution in [0.1, 0.15) is 33.6 Å². The zero-order chi connectivity index (χ0) is 13.9. The van der Waals surface area contributed by atoms with Gasteiger partial charge in [-0.25, -0.2) is 0 Å². The molecule has 1 fully saturated rings. The Kier molecular flexibility index (Phi) is 4.73. The first-order valence-corrected chi connectivity index (χ1v) is 6.42. The quantitative estimate of drug-likeness (QED) is 0.703. The summed E-state index contributed by atoms with van der Waals surface area (Å²) < 4.78 is 4.70. The van der Waals surface area contributed by atoms with Crippen LogP contribution in [0.5, 0.6) is 0 Å². The number of hydrogen-bond donors (Lipinski definition) is 0. The topological polar surface area (TPSA) is 49.9 Å². The summed E-state index contributed by atoms with van der Waals surface area (Å²) >= 11 is 0. The molecule has 5 heteroatoms. The summed E-state index contributed by atoms with van der Waals surface area (Å²) in [5.41, 5.74) is -0.0894. The molecule has 5 nitrogen and oxygen atoms in total. The molecule has 1 aliphatic rings. The molecule has 1 atom stereocenters. The summed E-state index contributed by atoms with van der Waals surface area (Å²) in [7, 11) is 3.15. The molecule has 1 rings (SSSR count). The third kappa shape index (κ3) is 3.02. The van der Waals surface area contributed by atoms with Crippen molar-refractivity contribution in [3.63, 3.8) is 0 Å². The third-order valence-corrected chi connectivity index (χ3v) is 3.80. The van der Waals surface area contributed by atoms with Gasteiger partial charge in [-0.2, -0.15) is 0 Å². The number of nitrogens with zero attached hydrogens (tertiary/aromatic N) is 2. The summed E-state index contributed by atoms with van der Waals surface area (Å²) in [5, 5.41) is 0. The summed E-state index contributed by atoms with van der Waals surface area (Å²) in [6.45, 7) is 7.72. The molecule has 0 aromatic heterocycles. The van der Waals surface area contributed by atoms with E-state index in [0.29, 0.717) is 0 Å². The number of carbonyl (C=O) groups excluding carboxylic acids is 2. The molecule has 0 N–H and O–H groups in total. The van der Waals surface area contributed by atoms with Gasteiger partial charge in [0.2, 0.25) is 5.91 Å². The van der Waals surface area contributed by atoms with E-state index in [9.17, 15) is 9.59 Å². The molecular weight excluding hydrogens is 232 g/mol. The van der Waals surface area contributed by atoms with Crippen LogP contribution in [0.4, 0.5) is 0 Å². The van der Waals surface area contributed by atoms with Gasteiger partial charge in [0.25, 0.3) is 0 Å². The van der Waals surface area contributed by atoms with Gasteiger partial charge in [-0.3, -0.25) is 14.5 Å². The largest absolute Gasteiger partial charge is 0.469 e. The molecule has 1 saturated heterocycles. The smallest absolute Gasteiger partial charge is 0.307 e. The SMILES string of the molecule is CCN1C(CC(=O)OC)C(=O)N(C)CCC1(C)C. The lowest BCUT2D eigenvalue weighted by molar-refractivity contribution is -0.147. The Hall–Kier alpha value is -1.10. The molecule has 1 amide bonds. The lowest BCUT2D eigenvalue weighted by atomic mass is 9.96. The number of amides is 1. The van der Waals surface area contributed by atoms with Gasteiger partial charge in [0.05, 0.1) is 13.5 Å². The number of methoxy groups -OCH3 is 1. The van der Waals surface area contributed by atoms with E-state index in [0.717, 1.165) is 19.5 Å². The fourth-order valence-corrected chi connectivity index (χ4v) is 2.59. The number of rotatable bonds is 3. The van der Waals surface area contributed by atoms with Crippen LogP contribution in [0.25, 0.3) is 0 Å². The first-order valence-electron chi connectivity index (χ1n) is 6.42. The molecule has 0 bridgehead atoms. The maximum atomic E-state index is 12.3. The van der Waals surface area contributed by atoms with Crippen LogP contribution < -0.4 is 0 Å². The first kappa shape index (κ1) is 15.0. The minimum absolute atomic E-state index is 0.00725. The Morgan fingerprint density at radius 1 is 1.50 bits per heavy atom. The highest BCUT2D eigenvalue weighted by Crippen LogP contribution is 2.27. The number of esters is 1. The standard InChI is InChI=1S/C13H24N2O3/c1-6-15-10(9-11(16)18-5)12(17)14(4)8-7-13(15,2)3/h10H,6-9H2,1-5H3. The minimum Gasteiger partial charge on any atom is -0.469 e. The van der Waals surface area contributed by atoms with E-state index in [2.05, 4.69) is 18.7 Å². The Balaban J connectivity index is 3.02. The molecule has 0 spiro atoms. The maximum absolute atomic E-state index is 12.3. The van der Waals surface area contributed by atoms with Crippen molar-refractivity contribution in [3.05, 3.63) is 0 Å². The second kappa shape index (κ2) is 5.69. The molecule has 0 aromatic carbocycles. The normalized spacial score (nSPS) is 24.8. The van der Waals surface area contributed by atoms with Crippen molar-refractivity contribution in [2.45, 2.75) is 45.2 Å². The van der Waals surface area contributed by atoms with Crippen LogP contribution in [0, 0.1) is 0 Å². The average Bonchev–Trinajstić information content (AvgIpc) is 2.40. The molecule has 0 saturated carbocycles. The van der Waals surface area contributed by atoms with E-state index in [1.807, 2.05) is 6.92 Å². The van der Waals surface area contributed by atoms with E-state index >= 15 is 0 Å². The molecule has 104 valence electrons. The predicted octanol–water partition coefficient (Wildman–Crippen LogP) is 0.881. The third-order valence-electron chi connectivity index (χ3n) is 3.80. The predicted molar refractivity (Wildman–Crippen MR) is 69.1 cm³/mol. The van der Waals surface area contributed by atoms with E-state index in [-0.39, 0.29) is 23.8 Å². The van der Waals surface area contributed by atoms with Gasteiger partial charge in [0.1, 0.15) is 6.04 Å². The van der Waals surface area contributed by atoms with E-state index in [1.54, 1.807) is 11.9 Å². The van der Waals surface area contributed by atoms with E-state index in [4.69, 9.17) is 4.74 Å². The van der Waals surface area contributed by atoms with Crippen LogP contribution in [0.3, 0.4) is 0 Å². The van der Waals surface area contributed by atoms with Crippen LogP contribution in [0.15, 0.2) is 0 Å². The summed E-state index contributed by atoms with van der Waals surface area (Å²) in [5.74, 6) is -0.328. The zero-order valence-corrected chi connectivity index (χ0v) is 12.0. The van der Waals surface area contributed by atoms with Crippen molar-refractivity contribution in [1.29, 1.82) is 0 Å². The van der Waals surface area contributed by atoms with E-state index in [1.165, 1.54) is 7.11 Å².